The third-order valence-corrected chi connectivity index (χ3v) is 4.63. The molecule has 28 heavy (non-hydrogen) atoms. The van der Waals surface area contributed by atoms with Gasteiger partial charge in [-0.05, 0) is 43.7 Å². The molecule has 0 unspecified atom stereocenters. The Kier molecular flexibility index (Phi) is 4.57. The van der Waals surface area contributed by atoms with Crippen LogP contribution in [-0.2, 0) is 17.9 Å². The summed E-state index contributed by atoms with van der Waals surface area (Å²) in [5, 5.41) is 8.29. The topological polar surface area (TPSA) is 82.1 Å². The van der Waals surface area contributed by atoms with Crippen molar-refractivity contribution in [1.82, 2.24) is 19.7 Å². The molecule has 0 aliphatic rings. The van der Waals surface area contributed by atoms with Crippen LogP contribution in [0.2, 0.25) is 0 Å². The Morgan fingerprint density at radius 2 is 1.93 bits per heavy atom. The number of amides is 1. The number of carbonyl (C=O) groups is 1. The van der Waals surface area contributed by atoms with Crippen molar-refractivity contribution in [2.75, 3.05) is 0 Å². The summed E-state index contributed by atoms with van der Waals surface area (Å²) in [5.74, 6) is 0.377. The van der Waals surface area contributed by atoms with Gasteiger partial charge in [-0.15, -0.1) is 0 Å². The minimum atomic E-state index is -0.276. The Bertz CT molecular complexity index is 1190. The average Bonchev–Trinajstić information content (AvgIpc) is 3.32. The van der Waals surface area contributed by atoms with E-state index < -0.39 is 0 Å². The second kappa shape index (κ2) is 7.19. The molecule has 0 radical (unpaired) electrons. The molecular formula is C21H20N4O3. The fraction of sp³-hybridized carbons (Fsp3) is 0.190. The monoisotopic (exact) mass is 376 g/mol. The van der Waals surface area contributed by atoms with Gasteiger partial charge in [0.05, 0.1) is 24.2 Å². The number of pyridine rings is 1. The van der Waals surface area contributed by atoms with Crippen LogP contribution in [0.4, 0.5) is 0 Å². The summed E-state index contributed by atoms with van der Waals surface area (Å²) in [4.78, 5) is 25.2. The number of furan rings is 1. The van der Waals surface area contributed by atoms with E-state index in [0.717, 1.165) is 22.3 Å². The van der Waals surface area contributed by atoms with E-state index in [1.165, 1.54) is 4.57 Å². The standard InChI is InChI=1S/C21H20N4O3/c1-14-11-19(27)24(13-18(26)22-12-17-9-6-10-28-17)21-20(14)15(2)23-25(21)16-7-4-3-5-8-16/h3-11H,12-13H2,1-2H3,(H,22,26). The first-order valence-electron chi connectivity index (χ1n) is 8.99. The summed E-state index contributed by atoms with van der Waals surface area (Å²) in [6.07, 6.45) is 1.55. The van der Waals surface area contributed by atoms with E-state index in [1.807, 2.05) is 44.2 Å². The maximum Gasteiger partial charge on any atom is 0.252 e. The van der Waals surface area contributed by atoms with Crippen molar-refractivity contribution in [2.45, 2.75) is 26.9 Å². The Morgan fingerprint density at radius 1 is 1.14 bits per heavy atom. The molecule has 7 heteroatoms. The summed E-state index contributed by atoms with van der Waals surface area (Å²) < 4.78 is 8.41. The van der Waals surface area contributed by atoms with Crippen LogP contribution < -0.4 is 10.9 Å². The second-order valence-electron chi connectivity index (χ2n) is 6.64. The molecular weight excluding hydrogens is 356 g/mol. The number of benzene rings is 1. The number of rotatable bonds is 5. The van der Waals surface area contributed by atoms with Crippen LogP contribution in [0.5, 0.6) is 0 Å². The van der Waals surface area contributed by atoms with Gasteiger partial charge in [0.25, 0.3) is 5.56 Å². The van der Waals surface area contributed by atoms with Crippen molar-refractivity contribution in [3.63, 3.8) is 0 Å². The molecule has 3 heterocycles. The van der Waals surface area contributed by atoms with Crippen LogP contribution >= 0.6 is 0 Å². The van der Waals surface area contributed by atoms with Crippen molar-refractivity contribution in [3.05, 3.63) is 82.2 Å². The van der Waals surface area contributed by atoms with Gasteiger partial charge >= 0.3 is 0 Å². The number of hydrogen-bond donors (Lipinski definition) is 1. The summed E-state index contributed by atoms with van der Waals surface area (Å²) in [5.41, 5.74) is 2.85. The van der Waals surface area contributed by atoms with Gasteiger partial charge in [0.1, 0.15) is 18.0 Å². The van der Waals surface area contributed by atoms with Gasteiger partial charge in [0.15, 0.2) is 0 Å². The largest absolute Gasteiger partial charge is 0.467 e. The lowest BCUT2D eigenvalue weighted by molar-refractivity contribution is -0.121. The summed E-state index contributed by atoms with van der Waals surface area (Å²) >= 11 is 0. The number of para-hydroxylation sites is 1. The molecule has 0 bridgehead atoms. The SMILES string of the molecule is Cc1cc(=O)n(CC(=O)NCc2ccco2)c2c1c(C)nn2-c1ccccc1. The minimum Gasteiger partial charge on any atom is -0.467 e. The molecule has 4 aromatic rings. The highest BCUT2D eigenvalue weighted by Gasteiger charge is 2.18. The molecule has 0 saturated heterocycles. The first-order valence-corrected chi connectivity index (χ1v) is 8.99. The Hall–Kier alpha value is -3.61. The number of nitrogens with one attached hydrogen (secondary N) is 1. The summed E-state index contributed by atoms with van der Waals surface area (Å²) in [6, 6.07) is 14.7. The molecule has 0 aliphatic carbocycles. The number of hydrogen-bond acceptors (Lipinski definition) is 4. The van der Waals surface area contributed by atoms with Crippen molar-refractivity contribution in [2.24, 2.45) is 0 Å². The van der Waals surface area contributed by atoms with Crippen LogP contribution in [0.3, 0.4) is 0 Å². The van der Waals surface area contributed by atoms with Gasteiger partial charge in [-0.1, -0.05) is 18.2 Å². The zero-order chi connectivity index (χ0) is 19.7. The van der Waals surface area contributed by atoms with Gasteiger partial charge in [-0.2, -0.15) is 5.10 Å². The maximum atomic E-state index is 12.7. The molecule has 0 fully saturated rings. The van der Waals surface area contributed by atoms with Crippen molar-refractivity contribution in [3.8, 4) is 5.69 Å². The molecule has 0 saturated carbocycles. The molecule has 3 aromatic heterocycles. The quantitative estimate of drug-likeness (QED) is 0.581. The van der Waals surface area contributed by atoms with E-state index in [-0.39, 0.29) is 24.6 Å². The predicted octanol–water partition coefficient (Wildman–Crippen LogP) is 2.71. The molecule has 7 nitrogen and oxygen atoms in total. The van der Waals surface area contributed by atoms with Gasteiger partial charge in [0, 0.05) is 11.5 Å². The zero-order valence-electron chi connectivity index (χ0n) is 15.7. The van der Waals surface area contributed by atoms with Crippen LogP contribution in [0.25, 0.3) is 16.7 Å². The number of carbonyl (C=O) groups excluding carboxylic acids is 1. The Morgan fingerprint density at radius 3 is 2.64 bits per heavy atom. The molecule has 1 N–H and O–H groups in total. The third kappa shape index (κ3) is 3.22. The molecule has 4 rings (SSSR count). The summed E-state index contributed by atoms with van der Waals surface area (Å²) in [6.45, 7) is 3.95. The molecule has 0 atom stereocenters. The van der Waals surface area contributed by atoms with E-state index in [9.17, 15) is 9.59 Å². The Labute approximate surface area is 161 Å². The highest BCUT2D eigenvalue weighted by Crippen LogP contribution is 2.23. The minimum absolute atomic E-state index is 0.103. The first-order chi connectivity index (χ1) is 13.5. The average molecular weight is 376 g/mol. The lowest BCUT2D eigenvalue weighted by Crippen LogP contribution is -2.32. The van der Waals surface area contributed by atoms with Crippen molar-refractivity contribution >= 4 is 16.9 Å². The molecule has 0 aliphatic heterocycles. The van der Waals surface area contributed by atoms with Gasteiger partial charge in [-0.25, -0.2) is 4.68 Å². The molecule has 1 amide bonds. The highest BCUT2D eigenvalue weighted by atomic mass is 16.3. The smallest absolute Gasteiger partial charge is 0.252 e. The van der Waals surface area contributed by atoms with E-state index in [1.54, 1.807) is 29.1 Å². The van der Waals surface area contributed by atoms with E-state index in [4.69, 9.17) is 4.42 Å². The van der Waals surface area contributed by atoms with Gasteiger partial charge in [0.2, 0.25) is 5.91 Å². The zero-order valence-corrected chi connectivity index (χ0v) is 15.7. The van der Waals surface area contributed by atoms with Crippen LogP contribution in [-0.4, -0.2) is 20.3 Å². The van der Waals surface area contributed by atoms with Crippen molar-refractivity contribution in [1.29, 1.82) is 0 Å². The fourth-order valence-electron chi connectivity index (χ4n) is 3.37. The number of aromatic nitrogens is 3. The van der Waals surface area contributed by atoms with E-state index in [2.05, 4.69) is 10.4 Å². The normalized spacial score (nSPS) is 11.1. The summed E-state index contributed by atoms with van der Waals surface area (Å²) in [7, 11) is 0. The fourth-order valence-corrected chi connectivity index (χ4v) is 3.37. The maximum absolute atomic E-state index is 12.7. The predicted molar refractivity (Wildman–Crippen MR) is 105 cm³/mol. The third-order valence-electron chi connectivity index (χ3n) is 4.63. The molecule has 142 valence electrons. The molecule has 1 aromatic carbocycles. The molecule has 0 spiro atoms. The van der Waals surface area contributed by atoms with Crippen LogP contribution in [0.1, 0.15) is 17.0 Å². The van der Waals surface area contributed by atoms with Gasteiger partial charge < -0.3 is 9.73 Å². The van der Waals surface area contributed by atoms with E-state index in [0.29, 0.717) is 11.4 Å². The second-order valence-corrected chi connectivity index (χ2v) is 6.64. The lowest BCUT2D eigenvalue weighted by atomic mass is 10.1. The highest BCUT2D eigenvalue weighted by molar-refractivity contribution is 5.85. The van der Waals surface area contributed by atoms with Gasteiger partial charge in [-0.3, -0.25) is 14.2 Å². The van der Waals surface area contributed by atoms with Crippen molar-refractivity contribution < 1.29 is 9.21 Å². The van der Waals surface area contributed by atoms with E-state index >= 15 is 0 Å². The number of aryl methyl sites for hydroxylation is 2. The Balaban J connectivity index is 1.77. The lowest BCUT2D eigenvalue weighted by Gasteiger charge is -2.12. The van der Waals surface area contributed by atoms with Crippen LogP contribution in [0.15, 0.2) is 64.0 Å². The van der Waals surface area contributed by atoms with Crippen LogP contribution in [0, 0.1) is 13.8 Å². The number of nitrogens with zero attached hydrogens (tertiary/aromatic N) is 3. The number of fused-ring (bicyclic) bond motifs is 1. The first kappa shape index (κ1) is 17.8.